The highest BCUT2D eigenvalue weighted by atomic mass is 32.2. The number of thioether (sulfide) groups is 1. The summed E-state index contributed by atoms with van der Waals surface area (Å²) < 4.78 is 1.12. The maximum atomic E-state index is 13.4. The first-order chi connectivity index (χ1) is 16.0. The number of thiazole rings is 1. The topological polar surface area (TPSA) is 62.3 Å². The van der Waals surface area contributed by atoms with Gasteiger partial charge in [0.2, 0.25) is 5.91 Å². The summed E-state index contributed by atoms with van der Waals surface area (Å²) in [5, 5.41) is 4.92. The SMILES string of the molecule is CCSc1ccccc1C(=O)Nc1sc2c(c1-c1nc3ccccc3s1)CCN(C(C)=O)C2. The lowest BCUT2D eigenvalue weighted by atomic mass is 10.0. The Morgan fingerprint density at radius 3 is 2.70 bits per heavy atom. The van der Waals surface area contributed by atoms with Gasteiger partial charge in [-0.2, -0.15) is 0 Å². The zero-order chi connectivity index (χ0) is 22.9. The van der Waals surface area contributed by atoms with Crippen LogP contribution in [0.3, 0.4) is 0 Å². The quantitative estimate of drug-likeness (QED) is 0.332. The molecule has 0 radical (unpaired) electrons. The van der Waals surface area contributed by atoms with Gasteiger partial charge in [0.15, 0.2) is 0 Å². The van der Waals surface area contributed by atoms with Gasteiger partial charge >= 0.3 is 0 Å². The number of para-hydroxylation sites is 1. The van der Waals surface area contributed by atoms with Crippen LogP contribution in [0.25, 0.3) is 20.8 Å². The van der Waals surface area contributed by atoms with Crippen LogP contribution in [0.1, 0.15) is 34.6 Å². The zero-order valence-electron chi connectivity index (χ0n) is 18.4. The van der Waals surface area contributed by atoms with Gasteiger partial charge in [-0.05, 0) is 42.0 Å². The number of carbonyl (C=O) groups excluding carboxylic acids is 2. The molecule has 0 saturated carbocycles. The van der Waals surface area contributed by atoms with Gasteiger partial charge in [0.1, 0.15) is 10.0 Å². The molecule has 2 amide bonds. The lowest BCUT2D eigenvalue weighted by Gasteiger charge is -2.26. The molecule has 0 fully saturated rings. The number of carbonyl (C=O) groups is 2. The van der Waals surface area contributed by atoms with Crippen LogP contribution in [0, 0.1) is 0 Å². The Kier molecular flexibility index (Phi) is 6.23. The van der Waals surface area contributed by atoms with E-state index >= 15 is 0 Å². The fraction of sp³-hybridized carbons (Fsp3) is 0.240. The van der Waals surface area contributed by atoms with E-state index in [1.165, 1.54) is 5.56 Å². The molecule has 5 rings (SSSR count). The second-order valence-electron chi connectivity index (χ2n) is 7.77. The molecule has 33 heavy (non-hydrogen) atoms. The average Bonchev–Trinajstić information content (AvgIpc) is 3.39. The molecule has 0 atom stereocenters. The lowest BCUT2D eigenvalue weighted by molar-refractivity contribution is -0.129. The Morgan fingerprint density at radius 1 is 1.12 bits per heavy atom. The number of amides is 2. The van der Waals surface area contributed by atoms with Crippen LogP contribution in [0.15, 0.2) is 53.4 Å². The van der Waals surface area contributed by atoms with Gasteiger partial charge < -0.3 is 10.2 Å². The highest BCUT2D eigenvalue weighted by molar-refractivity contribution is 7.99. The summed E-state index contributed by atoms with van der Waals surface area (Å²) in [6.45, 7) is 4.95. The summed E-state index contributed by atoms with van der Waals surface area (Å²) in [6.07, 6.45) is 0.759. The van der Waals surface area contributed by atoms with Crippen molar-refractivity contribution in [2.75, 3.05) is 17.6 Å². The fourth-order valence-electron chi connectivity index (χ4n) is 4.07. The number of aromatic nitrogens is 1. The minimum absolute atomic E-state index is 0.0756. The number of hydrogen-bond donors (Lipinski definition) is 1. The molecule has 8 heteroatoms. The third-order valence-corrected chi connectivity index (χ3v) is 8.81. The number of anilines is 1. The Bertz CT molecular complexity index is 1330. The van der Waals surface area contributed by atoms with Crippen molar-refractivity contribution in [1.29, 1.82) is 0 Å². The first-order valence-electron chi connectivity index (χ1n) is 10.8. The zero-order valence-corrected chi connectivity index (χ0v) is 20.8. The van der Waals surface area contributed by atoms with Crippen LogP contribution < -0.4 is 5.32 Å². The van der Waals surface area contributed by atoms with E-state index in [-0.39, 0.29) is 11.8 Å². The third kappa shape index (κ3) is 4.30. The third-order valence-electron chi connectivity index (χ3n) is 5.67. The van der Waals surface area contributed by atoms with Crippen LogP contribution in [0.4, 0.5) is 5.00 Å². The molecule has 5 nitrogen and oxygen atoms in total. The van der Waals surface area contributed by atoms with Crippen molar-refractivity contribution in [3.8, 4) is 10.6 Å². The van der Waals surface area contributed by atoms with Crippen LogP contribution >= 0.6 is 34.4 Å². The van der Waals surface area contributed by atoms with Gasteiger partial charge in [0.05, 0.1) is 22.3 Å². The number of hydrogen-bond acceptors (Lipinski definition) is 6. The van der Waals surface area contributed by atoms with Crippen molar-refractivity contribution in [2.45, 2.75) is 31.7 Å². The Balaban J connectivity index is 1.58. The van der Waals surface area contributed by atoms with E-state index in [9.17, 15) is 9.59 Å². The molecule has 4 aromatic rings. The molecule has 3 heterocycles. The molecule has 0 saturated heterocycles. The van der Waals surface area contributed by atoms with Crippen LogP contribution in [0.2, 0.25) is 0 Å². The van der Waals surface area contributed by atoms with E-state index in [0.29, 0.717) is 18.7 Å². The van der Waals surface area contributed by atoms with Crippen molar-refractivity contribution in [1.82, 2.24) is 9.88 Å². The van der Waals surface area contributed by atoms with Gasteiger partial charge in [-0.3, -0.25) is 9.59 Å². The first kappa shape index (κ1) is 22.1. The summed E-state index contributed by atoms with van der Waals surface area (Å²) in [5.74, 6) is 0.859. The number of nitrogens with one attached hydrogen (secondary N) is 1. The second-order valence-corrected chi connectivity index (χ2v) is 11.2. The normalized spacial score (nSPS) is 13.2. The lowest BCUT2D eigenvalue weighted by Crippen LogP contribution is -2.33. The number of fused-ring (bicyclic) bond motifs is 2. The second kappa shape index (κ2) is 9.29. The van der Waals surface area contributed by atoms with Crippen molar-refractivity contribution in [2.24, 2.45) is 0 Å². The number of benzene rings is 2. The number of rotatable bonds is 5. The van der Waals surface area contributed by atoms with Gasteiger partial charge in [0.25, 0.3) is 5.91 Å². The molecule has 2 aromatic heterocycles. The van der Waals surface area contributed by atoms with Crippen molar-refractivity contribution in [3.63, 3.8) is 0 Å². The van der Waals surface area contributed by atoms with E-state index in [1.54, 1.807) is 41.4 Å². The molecule has 1 N–H and O–H groups in total. The molecule has 168 valence electrons. The number of nitrogens with zero attached hydrogens (tertiary/aromatic N) is 2. The van der Waals surface area contributed by atoms with Gasteiger partial charge in [-0.25, -0.2) is 4.98 Å². The van der Waals surface area contributed by atoms with Crippen LogP contribution in [0.5, 0.6) is 0 Å². The summed E-state index contributed by atoms with van der Waals surface area (Å²) >= 11 is 4.87. The molecular weight excluding hydrogens is 470 g/mol. The summed E-state index contributed by atoms with van der Waals surface area (Å²) in [7, 11) is 0. The van der Waals surface area contributed by atoms with Gasteiger partial charge in [0, 0.05) is 28.8 Å². The Labute approximate surface area is 204 Å². The fourth-order valence-corrected chi connectivity index (χ4v) is 7.24. The predicted octanol–water partition coefficient (Wildman–Crippen LogP) is 6.29. The van der Waals surface area contributed by atoms with Crippen molar-refractivity contribution >= 4 is 61.5 Å². The molecule has 1 aliphatic rings. The summed E-state index contributed by atoms with van der Waals surface area (Å²) in [4.78, 5) is 34.2. The van der Waals surface area contributed by atoms with Crippen molar-refractivity contribution in [3.05, 3.63) is 64.5 Å². The van der Waals surface area contributed by atoms with Crippen LogP contribution in [-0.4, -0.2) is 34.0 Å². The summed E-state index contributed by atoms with van der Waals surface area (Å²) in [5.41, 5.74) is 3.84. The molecule has 0 unspecified atom stereocenters. The van der Waals surface area contributed by atoms with E-state index in [4.69, 9.17) is 4.98 Å². The molecular formula is C25H23N3O2S3. The Hall–Kier alpha value is -2.68. The Morgan fingerprint density at radius 2 is 1.91 bits per heavy atom. The largest absolute Gasteiger partial charge is 0.337 e. The average molecular weight is 494 g/mol. The highest BCUT2D eigenvalue weighted by Crippen LogP contribution is 2.46. The number of thiophene rings is 1. The molecule has 0 bridgehead atoms. The van der Waals surface area contributed by atoms with Crippen molar-refractivity contribution < 1.29 is 9.59 Å². The van der Waals surface area contributed by atoms with E-state index in [0.717, 1.165) is 47.7 Å². The standard InChI is InChI=1S/C25H23N3O2S3/c1-3-31-19-10-6-4-8-17(19)23(30)27-25-22(24-26-18-9-5-7-11-20(18)32-24)16-12-13-28(15(2)29)14-21(16)33-25/h4-11H,3,12-14H2,1-2H3,(H,27,30). The minimum atomic E-state index is -0.115. The minimum Gasteiger partial charge on any atom is -0.337 e. The van der Waals surface area contributed by atoms with Crippen LogP contribution in [-0.2, 0) is 17.8 Å². The summed E-state index contributed by atoms with van der Waals surface area (Å²) in [6, 6.07) is 15.8. The van der Waals surface area contributed by atoms with E-state index in [1.807, 2.05) is 47.4 Å². The maximum Gasteiger partial charge on any atom is 0.257 e. The van der Waals surface area contributed by atoms with Gasteiger partial charge in [-0.1, -0.05) is 31.2 Å². The molecule has 0 aliphatic carbocycles. The molecule has 1 aliphatic heterocycles. The molecule has 0 spiro atoms. The predicted molar refractivity (Wildman–Crippen MR) is 139 cm³/mol. The van der Waals surface area contributed by atoms with E-state index < -0.39 is 0 Å². The van der Waals surface area contributed by atoms with Gasteiger partial charge in [-0.15, -0.1) is 34.4 Å². The first-order valence-corrected chi connectivity index (χ1v) is 13.5. The van der Waals surface area contributed by atoms with E-state index in [2.05, 4.69) is 18.3 Å². The highest BCUT2D eigenvalue weighted by Gasteiger charge is 2.29. The maximum absolute atomic E-state index is 13.4. The monoisotopic (exact) mass is 493 g/mol. The molecule has 2 aromatic carbocycles. The smallest absolute Gasteiger partial charge is 0.257 e.